The number of aryl methyl sites for hydroxylation is 2. The highest BCUT2D eigenvalue weighted by Gasteiger charge is 2.18. The number of carbonyl (C=O) groups is 1. The molecule has 5 nitrogen and oxygen atoms in total. The van der Waals surface area contributed by atoms with E-state index in [1.54, 1.807) is 13.8 Å². The van der Waals surface area contributed by atoms with Gasteiger partial charge in [0.2, 0.25) is 5.76 Å². The number of nitrogens with zero attached hydrogens (tertiary/aromatic N) is 1. The molecule has 1 aromatic heterocycles. The number of amides is 1. The zero-order chi connectivity index (χ0) is 12.3. The predicted molar refractivity (Wildman–Crippen MR) is 63.9 cm³/mol. The molecule has 1 fully saturated rings. The van der Waals surface area contributed by atoms with Crippen molar-refractivity contribution in [1.29, 1.82) is 0 Å². The quantitative estimate of drug-likeness (QED) is 0.823. The van der Waals surface area contributed by atoms with Crippen molar-refractivity contribution in [2.24, 2.45) is 5.92 Å². The van der Waals surface area contributed by atoms with Crippen molar-refractivity contribution in [1.82, 2.24) is 15.6 Å². The van der Waals surface area contributed by atoms with Crippen LogP contribution in [-0.4, -0.2) is 30.5 Å². The average molecular weight is 237 g/mol. The molecule has 1 unspecified atom stereocenters. The SMILES string of the molecule is Cc1nc(C)c(C(=O)NCC2CCCNC2)o1. The molecule has 1 saturated heterocycles. The average Bonchev–Trinajstić information content (AvgIpc) is 2.67. The maximum atomic E-state index is 11.9. The molecule has 2 N–H and O–H groups in total. The van der Waals surface area contributed by atoms with Crippen LogP contribution < -0.4 is 10.6 Å². The van der Waals surface area contributed by atoms with Crippen LogP contribution in [0.2, 0.25) is 0 Å². The second kappa shape index (κ2) is 5.31. The molecule has 1 aliphatic heterocycles. The lowest BCUT2D eigenvalue weighted by Crippen LogP contribution is -2.38. The Hall–Kier alpha value is -1.36. The summed E-state index contributed by atoms with van der Waals surface area (Å²) in [6.07, 6.45) is 2.35. The summed E-state index contributed by atoms with van der Waals surface area (Å²) in [5.41, 5.74) is 0.654. The number of piperidine rings is 1. The Balaban J connectivity index is 1.86. The van der Waals surface area contributed by atoms with E-state index in [9.17, 15) is 4.79 Å². The van der Waals surface area contributed by atoms with E-state index >= 15 is 0 Å². The highest BCUT2D eigenvalue weighted by molar-refractivity contribution is 5.92. The molecular weight excluding hydrogens is 218 g/mol. The lowest BCUT2D eigenvalue weighted by atomic mass is 10.00. The van der Waals surface area contributed by atoms with Crippen molar-refractivity contribution in [2.45, 2.75) is 26.7 Å². The summed E-state index contributed by atoms with van der Waals surface area (Å²) in [7, 11) is 0. The molecule has 5 heteroatoms. The van der Waals surface area contributed by atoms with Gasteiger partial charge in [-0.2, -0.15) is 0 Å². The minimum absolute atomic E-state index is 0.159. The van der Waals surface area contributed by atoms with Gasteiger partial charge in [0.1, 0.15) is 0 Å². The molecule has 0 radical (unpaired) electrons. The van der Waals surface area contributed by atoms with Gasteiger partial charge in [-0.3, -0.25) is 4.79 Å². The molecule has 0 saturated carbocycles. The number of aromatic nitrogens is 1. The summed E-state index contributed by atoms with van der Waals surface area (Å²) in [5, 5.41) is 6.24. The summed E-state index contributed by atoms with van der Waals surface area (Å²) in [6, 6.07) is 0. The molecule has 2 heterocycles. The van der Waals surface area contributed by atoms with Crippen LogP contribution in [0.15, 0.2) is 4.42 Å². The highest BCUT2D eigenvalue weighted by Crippen LogP contribution is 2.11. The van der Waals surface area contributed by atoms with Gasteiger partial charge in [-0.25, -0.2) is 4.98 Å². The third kappa shape index (κ3) is 3.06. The minimum atomic E-state index is -0.159. The number of hydrogen-bond donors (Lipinski definition) is 2. The summed E-state index contributed by atoms with van der Waals surface area (Å²) in [5.74, 6) is 1.24. The van der Waals surface area contributed by atoms with Crippen LogP contribution in [0.5, 0.6) is 0 Å². The van der Waals surface area contributed by atoms with Crippen LogP contribution >= 0.6 is 0 Å². The van der Waals surface area contributed by atoms with Crippen LogP contribution in [0.3, 0.4) is 0 Å². The van der Waals surface area contributed by atoms with E-state index in [0.29, 0.717) is 29.8 Å². The smallest absolute Gasteiger partial charge is 0.289 e. The lowest BCUT2D eigenvalue weighted by Gasteiger charge is -2.22. The molecule has 1 atom stereocenters. The molecule has 1 aromatic rings. The number of hydrogen-bond acceptors (Lipinski definition) is 4. The van der Waals surface area contributed by atoms with Crippen molar-refractivity contribution in [3.8, 4) is 0 Å². The van der Waals surface area contributed by atoms with E-state index < -0.39 is 0 Å². The topological polar surface area (TPSA) is 67.2 Å². The van der Waals surface area contributed by atoms with Crippen LogP contribution in [0.1, 0.15) is 35.0 Å². The van der Waals surface area contributed by atoms with Gasteiger partial charge in [-0.15, -0.1) is 0 Å². The molecule has 1 amide bonds. The standard InChI is InChI=1S/C12H19N3O2/c1-8-11(17-9(2)15-8)12(16)14-7-10-4-3-5-13-6-10/h10,13H,3-7H2,1-2H3,(H,14,16). The molecule has 0 aliphatic carbocycles. The first-order valence-corrected chi connectivity index (χ1v) is 6.09. The Bertz CT molecular complexity index is 394. The van der Waals surface area contributed by atoms with Gasteiger partial charge in [0.05, 0.1) is 5.69 Å². The Kier molecular flexibility index (Phi) is 3.78. The second-order valence-electron chi connectivity index (χ2n) is 4.57. The first-order valence-electron chi connectivity index (χ1n) is 6.09. The van der Waals surface area contributed by atoms with Gasteiger partial charge < -0.3 is 15.1 Å². The Morgan fingerprint density at radius 1 is 1.59 bits per heavy atom. The number of nitrogens with one attached hydrogen (secondary N) is 2. The second-order valence-corrected chi connectivity index (χ2v) is 4.57. The monoisotopic (exact) mass is 237 g/mol. The van der Waals surface area contributed by atoms with E-state index in [1.807, 2.05) is 0 Å². The summed E-state index contributed by atoms with van der Waals surface area (Å²) >= 11 is 0. The van der Waals surface area contributed by atoms with Gasteiger partial charge in [0.25, 0.3) is 5.91 Å². The van der Waals surface area contributed by atoms with Crippen LogP contribution in [-0.2, 0) is 0 Å². The van der Waals surface area contributed by atoms with Crippen molar-refractivity contribution >= 4 is 5.91 Å². The van der Waals surface area contributed by atoms with Gasteiger partial charge >= 0.3 is 0 Å². The summed E-state index contributed by atoms with van der Waals surface area (Å²) < 4.78 is 5.28. The maximum absolute atomic E-state index is 11.9. The molecule has 0 bridgehead atoms. The zero-order valence-electron chi connectivity index (χ0n) is 10.4. The molecule has 94 valence electrons. The van der Waals surface area contributed by atoms with Gasteiger partial charge in [-0.05, 0) is 38.8 Å². The van der Waals surface area contributed by atoms with Gasteiger partial charge in [0, 0.05) is 13.5 Å². The summed E-state index contributed by atoms with van der Waals surface area (Å²) in [4.78, 5) is 15.9. The van der Waals surface area contributed by atoms with Gasteiger partial charge in [-0.1, -0.05) is 0 Å². The summed E-state index contributed by atoms with van der Waals surface area (Å²) in [6.45, 7) is 6.30. The van der Waals surface area contributed by atoms with Crippen molar-refractivity contribution in [3.05, 3.63) is 17.3 Å². The Morgan fingerprint density at radius 3 is 3.00 bits per heavy atom. The predicted octanol–water partition coefficient (Wildman–Crippen LogP) is 1.02. The van der Waals surface area contributed by atoms with E-state index in [-0.39, 0.29) is 5.91 Å². The Labute approximate surface area is 101 Å². The van der Waals surface area contributed by atoms with Crippen LogP contribution in [0.25, 0.3) is 0 Å². The molecule has 0 aromatic carbocycles. The fourth-order valence-corrected chi connectivity index (χ4v) is 2.16. The lowest BCUT2D eigenvalue weighted by molar-refractivity contribution is 0.0915. The molecule has 1 aliphatic rings. The normalized spacial score (nSPS) is 20.2. The van der Waals surface area contributed by atoms with Crippen molar-refractivity contribution in [3.63, 3.8) is 0 Å². The van der Waals surface area contributed by atoms with Crippen LogP contribution in [0, 0.1) is 19.8 Å². The molecule has 0 spiro atoms. The molecule has 17 heavy (non-hydrogen) atoms. The highest BCUT2D eigenvalue weighted by atomic mass is 16.4. The molecule has 2 rings (SSSR count). The van der Waals surface area contributed by atoms with Crippen molar-refractivity contribution in [2.75, 3.05) is 19.6 Å². The largest absolute Gasteiger partial charge is 0.436 e. The van der Waals surface area contributed by atoms with E-state index in [0.717, 1.165) is 13.1 Å². The number of oxazole rings is 1. The fourth-order valence-electron chi connectivity index (χ4n) is 2.16. The number of rotatable bonds is 3. The minimum Gasteiger partial charge on any atom is -0.436 e. The van der Waals surface area contributed by atoms with E-state index in [1.165, 1.54) is 12.8 Å². The fraction of sp³-hybridized carbons (Fsp3) is 0.667. The van der Waals surface area contributed by atoms with Crippen LogP contribution in [0.4, 0.5) is 0 Å². The third-order valence-corrected chi connectivity index (χ3v) is 3.06. The molecular formula is C12H19N3O2. The zero-order valence-corrected chi connectivity index (χ0v) is 10.4. The first kappa shape index (κ1) is 12.1. The van der Waals surface area contributed by atoms with Crippen molar-refractivity contribution < 1.29 is 9.21 Å². The third-order valence-electron chi connectivity index (χ3n) is 3.06. The van der Waals surface area contributed by atoms with E-state index in [4.69, 9.17) is 4.42 Å². The number of carbonyl (C=O) groups excluding carboxylic acids is 1. The Morgan fingerprint density at radius 2 is 2.41 bits per heavy atom. The van der Waals surface area contributed by atoms with E-state index in [2.05, 4.69) is 15.6 Å². The van der Waals surface area contributed by atoms with Gasteiger partial charge in [0.15, 0.2) is 5.89 Å². The maximum Gasteiger partial charge on any atom is 0.289 e. The first-order chi connectivity index (χ1) is 8.16.